The smallest absolute Gasteiger partial charge is 0.315 e. The first-order valence-electron chi connectivity index (χ1n) is 10.2. The molecule has 0 amide bonds. The number of fused-ring (bicyclic) bond motifs is 1. The lowest BCUT2D eigenvalue weighted by molar-refractivity contribution is -0.133. The second-order valence-corrected chi connectivity index (χ2v) is 7.68. The lowest BCUT2D eigenvalue weighted by Gasteiger charge is -2.26. The molecule has 0 radical (unpaired) electrons. The van der Waals surface area contributed by atoms with Crippen LogP contribution in [0.4, 0.5) is 0 Å². The molecule has 3 rings (SSSR count). The first-order chi connectivity index (χ1) is 14.4. The number of aromatic amines is 1. The van der Waals surface area contributed by atoms with Crippen LogP contribution in [0.5, 0.6) is 5.75 Å². The molecule has 0 saturated carbocycles. The van der Waals surface area contributed by atoms with E-state index in [4.69, 9.17) is 4.74 Å². The molecule has 1 heterocycles. The van der Waals surface area contributed by atoms with Gasteiger partial charge in [0.05, 0.1) is 18.0 Å². The average molecular weight is 408 g/mol. The van der Waals surface area contributed by atoms with Crippen molar-refractivity contribution in [1.29, 1.82) is 0 Å². The van der Waals surface area contributed by atoms with Crippen molar-refractivity contribution in [1.82, 2.24) is 10.3 Å². The van der Waals surface area contributed by atoms with Crippen LogP contribution in [0, 0.1) is 0 Å². The summed E-state index contributed by atoms with van der Waals surface area (Å²) >= 11 is 0. The van der Waals surface area contributed by atoms with Crippen molar-refractivity contribution in [3.05, 3.63) is 76.1 Å². The van der Waals surface area contributed by atoms with Gasteiger partial charge in [-0.3, -0.25) is 9.59 Å². The number of pyridine rings is 1. The number of rotatable bonds is 8. The van der Waals surface area contributed by atoms with Gasteiger partial charge in [0, 0.05) is 23.5 Å². The number of hydrogen-bond donors (Lipinski definition) is 3. The van der Waals surface area contributed by atoms with Crippen molar-refractivity contribution in [2.75, 3.05) is 0 Å². The van der Waals surface area contributed by atoms with Gasteiger partial charge in [0.15, 0.2) is 5.75 Å². The van der Waals surface area contributed by atoms with Crippen molar-refractivity contribution in [3.63, 3.8) is 0 Å². The van der Waals surface area contributed by atoms with Gasteiger partial charge >= 0.3 is 5.97 Å². The van der Waals surface area contributed by atoms with Gasteiger partial charge in [0.2, 0.25) is 5.56 Å². The summed E-state index contributed by atoms with van der Waals surface area (Å²) in [5, 5.41) is 15.0. The summed E-state index contributed by atoms with van der Waals surface area (Å²) in [6, 6.07) is 15.8. The van der Waals surface area contributed by atoms with E-state index in [1.54, 1.807) is 18.2 Å². The van der Waals surface area contributed by atoms with Crippen LogP contribution in [-0.2, 0) is 11.2 Å². The topological polar surface area (TPSA) is 91.4 Å². The molecule has 6 heteroatoms. The second kappa shape index (κ2) is 9.69. The molecule has 6 nitrogen and oxygen atoms in total. The third-order valence-electron chi connectivity index (χ3n) is 4.99. The molecule has 158 valence electrons. The second-order valence-electron chi connectivity index (χ2n) is 7.68. The Labute approximate surface area is 175 Å². The molecule has 3 aromatic rings. The largest absolute Gasteiger partial charge is 0.424 e. The van der Waals surface area contributed by atoms with Gasteiger partial charge in [-0.1, -0.05) is 57.2 Å². The summed E-state index contributed by atoms with van der Waals surface area (Å²) in [5.74, 6) is -0.155. The zero-order valence-electron chi connectivity index (χ0n) is 17.5. The van der Waals surface area contributed by atoms with Crippen LogP contribution in [-0.4, -0.2) is 28.1 Å². The van der Waals surface area contributed by atoms with Gasteiger partial charge in [-0.15, -0.1) is 0 Å². The van der Waals surface area contributed by atoms with Crippen LogP contribution < -0.4 is 15.6 Å². The number of esters is 1. The van der Waals surface area contributed by atoms with Crippen molar-refractivity contribution in [2.45, 2.75) is 51.8 Å². The molecule has 0 fully saturated rings. The first kappa shape index (κ1) is 21.7. The van der Waals surface area contributed by atoms with E-state index in [9.17, 15) is 14.7 Å². The number of aliphatic hydroxyl groups is 1. The maximum atomic E-state index is 12.4. The van der Waals surface area contributed by atoms with Gasteiger partial charge in [-0.05, 0) is 29.7 Å². The summed E-state index contributed by atoms with van der Waals surface area (Å²) < 4.78 is 5.57. The Kier molecular flexibility index (Phi) is 7.03. The fourth-order valence-electron chi connectivity index (χ4n) is 3.59. The fourth-order valence-corrected chi connectivity index (χ4v) is 3.59. The van der Waals surface area contributed by atoms with Crippen LogP contribution in [0.3, 0.4) is 0 Å². The van der Waals surface area contributed by atoms with E-state index < -0.39 is 12.1 Å². The van der Waals surface area contributed by atoms with E-state index in [1.165, 1.54) is 6.07 Å². The number of carbonyl (C=O) groups excluding carboxylic acids is 1. The Balaban J connectivity index is 1.94. The molecular formula is C24H28N2O4. The lowest BCUT2D eigenvalue weighted by Crippen LogP contribution is -2.39. The first-order valence-corrected chi connectivity index (χ1v) is 10.2. The molecule has 0 aliphatic carbocycles. The summed E-state index contributed by atoms with van der Waals surface area (Å²) in [7, 11) is 0. The van der Waals surface area contributed by atoms with Crippen molar-refractivity contribution < 1.29 is 14.6 Å². The van der Waals surface area contributed by atoms with Crippen LogP contribution in [0.2, 0.25) is 0 Å². The Bertz CT molecular complexity index is 1060. The highest BCUT2D eigenvalue weighted by molar-refractivity contribution is 5.90. The minimum Gasteiger partial charge on any atom is -0.424 e. The van der Waals surface area contributed by atoms with Gasteiger partial charge in [-0.25, -0.2) is 0 Å². The number of aliphatic hydroxyl groups excluding tert-OH is 1. The molecule has 30 heavy (non-hydrogen) atoms. The zero-order chi connectivity index (χ0) is 21.7. The number of H-pyrrole nitrogens is 1. The maximum Gasteiger partial charge on any atom is 0.315 e. The highest BCUT2D eigenvalue weighted by atomic mass is 16.5. The van der Waals surface area contributed by atoms with E-state index in [0.717, 1.165) is 12.0 Å². The molecule has 0 spiro atoms. The summed E-state index contributed by atoms with van der Waals surface area (Å²) in [4.78, 5) is 27.1. The minimum atomic E-state index is -0.778. The quantitative estimate of drug-likeness (QED) is 0.392. The number of benzene rings is 2. The predicted molar refractivity (Wildman–Crippen MR) is 118 cm³/mol. The predicted octanol–water partition coefficient (Wildman–Crippen LogP) is 3.49. The average Bonchev–Trinajstić information content (AvgIpc) is 2.72. The van der Waals surface area contributed by atoms with E-state index in [2.05, 4.69) is 10.3 Å². The number of aromatic nitrogens is 1. The number of nitrogens with one attached hydrogen (secondary N) is 2. The van der Waals surface area contributed by atoms with Crippen molar-refractivity contribution in [2.24, 2.45) is 0 Å². The Hall–Kier alpha value is -2.96. The van der Waals surface area contributed by atoms with Gasteiger partial charge < -0.3 is 20.1 Å². The molecule has 0 aliphatic heterocycles. The van der Waals surface area contributed by atoms with Crippen molar-refractivity contribution >= 4 is 16.9 Å². The van der Waals surface area contributed by atoms with Gasteiger partial charge in [0.25, 0.3) is 0 Å². The van der Waals surface area contributed by atoms with Gasteiger partial charge in [0.1, 0.15) is 0 Å². The minimum absolute atomic E-state index is 0.125. The molecule has 3 N–H and O–H groups in total. The number of carbonyl (C=O) groups is 1. The third-order valence-corrected chi connectivity index (χ3v) is 4.99. The van der Waals surface area contributed by atoms with Crippen LogP contribution in [0.25, 0.3) is 10.9 Å². The van der Waals surface area contributed by atoms with Gasteiger partial charge in [-0.2, -0.15) is 0 Å². The Morgan fingerprint density at radius 3 is 2.50 bits per heavy atom. The van der Waals surface area contributed by atoms with Crippen LogP contribution in [0.15, 0.2) is 59.4 Å². The SMILES string of the molecule is CCC(NC(C)C)C(O)c1ccc(OC(=O)Cc2ccccc2)c2[nH]c(=O)ccc12. The lowest BCUT2D eigenvalue weighted by atomic mass is 9.95. The molecule has 0 bridgehead atoms. The number of ether oxygens (including phenoxy) is 1. The highest BCUT2D eigenvalue weighted by Gasteiger charge is 2.23. The Morgan fingerprint density at radius 2 is 1.83 bits per heavy atom. The molecule has 2 unspecified atom stereocenters. The van der Waals surface area contributed by atoms with E-state index in [-0.39, 0.29) is 29.8 Å². The van der Waals surface area contributed by atoms with E-state index in [0.29, 0.717) is 16.5 Å². The molecule has 0 saturated heterocycles. The molecular weight excluding hydrogens is 380 g/mol. The standard InChI is InChI=1S/C24H28N2O4/c1-4-19(25-15(2)3)24(29)18-10-12-20(23-17(18)11-13-21(27)26-23)30-22(28)14-16-8-6-5-7-9-16/h5-13,15,19,24-25,29H,4,14H2,1-3H3,(H,26,27). The molecule has 0 aliphatic rings. The van der Waals surface area contributed by atoms with Crippen LogP contribution in [0.1, 0.15) is 44.4 Å². The zero-order valence-corrected chi connectivity index (χ0v) is 17.5. The summed E-state index contributed by atoms with van der Waals surface area (Å²) in [6.07, 6.45) is 0.0812. The third kappa shape index (κ3) is 5.14. The maximum absolute atomic E-state index is 12.4. The number of hydrogen-bond acceptors (Lipinski definition) is 5. The Morgan fingerprint density at radius 1 is 1.10 bits per heavy atom. The highest BCUT2D eigenvalue weighted by Crippen LogP contribution is 2.32. The molecule has 2 aromatic carbocycles. The molecule has 1 aromatic heterocycles. The van der Waals surface area contributed by atoms with Crippen LogP contribution >= 0.6 is 0 Å². The molecule has 2 atom stereocenters. The fraction of sp³-hybridized carbons (Fsp3) is 0.333. The normalized spacial score (nSPS) is 13.4. The monoisotopic (exact) mass is 408 g/mol. The van der Waals surface area contributed by atoms with Crippen molar-refractivity contribution in [3.8, 4) is 5.75 Å². The van der Waals surface area contributed by atoms with E-state index in [1.807, 2.05) is 51.1 Å². The summed E-state index contributed by atoms with van der Waals surface area (Å²) in [5.41, 5.74) is 1.61. The summed E-state index contributed by atoms with van der Waals surface area (Å²) in [6.45, 7) is 6.06. The van der Waals surface area contributed by atoms with E-state index >= 15 is 0 Å².